The van der Waals surface area contributed by atoms with Gasteiger partial charge in [0, 0.05) is 31.9 Å². The zero-order chi connectivity index (χ0) is 13.2. The van der Waals surface area contributed by atoms with Crippen LogP contribution in [-0.4, -0.2) is 35.6 Å². The van der Waals surface area contributed by atoms with Gasteiger partial charge in [0.05, 0.1) is 0 Å². The van der Waals surface area contributed by atoms with Gasteiger partial charge in [-0.15, -0.1) is 0 Å². The van der Waals surface area contributed by atoms with E-state index in [0.717, 1.165) is 31.9 Å². The summed E-state index contributed by atoms with van der Waals surface area (Å²) in [5.41, 5.74) is 6.13. The van der Waals surface area contributed by atoms with Crippen LogP contribution in [0.1, 0.15) is 27.2 Å². The van der Waals surface area contributed by atoms with Crippen LogP contribution in [0.25, 0.3) is 0 Å². The van der Waals surface area contributed by atoms with Gasteiger partial charge in [-0.2, -0.15) is 4.98 Å². The fourth-order valence-electron chi connectivity index (χ4n) is 1.95. The predicted octanol–water partition coefficient (Wildman–Crippen LogP) is 1.47. The molecular weight excluding hydrogens is 226 g/mol. The fourth-order valence-corrected chi connectivity index (χ4v) is 1.95. The summed E-state index contributed by atoms with van der Waals surface area (Å²) in [5, 5.41) is 3.28. The van der Waals surface area contributed by atoms with Crippen LogP contribution in [0.5, 0.6) is 0 Å². The maximum atomic E-state index is 5.92. The van der Waals surface area contributed by atoms with Gasteiger partial charge in [0.15, 0.2) is 0 Å². The highest BCUT2D eigenvalue weighted by Crippen LogP contribution is 2.19. The van der Waals surface area contributed by atoms with Crippen molar-refractivity contribution in [1.82, 2.24) is 9.97 Å². The normalized spacial score (nSPS) is 20.2. The third kappa shape index (κ3) is 3.57. The van der Waals surface area contributed by atoms with Crippen LogP contribution < -0.4 is 16.0 Å². The molecule has 1 aromatic rings. The largest absolute Gasteiger partial charge is 0.355 e. The monoisotopic (exact) mass is 249 g/mol. The van der Waals surface area contributed by atoms with E-state index in [2.05, 4.69) is 41.0 Å². The van der Waals surface area contributed by atoms with Crippen LogP contribution in [0.3, 0.4) is 0 Å². The molecule has 1 aliphatic heterocycles. The molecule has 0 saturated carbocycles. The molecule has 1 aromatic heterocycles. The van der Waals surface area contributed by atoms with Crippen molar-refractivity contribution in [1.29, 1.82) is 0 Å². The fraction of sp³-hybridized carbons (Fsp3) is 0.692. The van der Waals surface area contributed by atoms with Crippen LogP contribution in [0.15, 0.2) is 12.3 Å². The Kier molecular flexibility index (Phi) is 3.71. The van der Waals surface area contributed by atoms with E-state index < -0.39 is 0 Å². The summed E-state index contributed by atoms with van der Waals surface area (Å²) in [6.45, 7) is 9.28. The lowest BCUT2D eigenvalue weighted by molar-refractivity contribution is 0.442. The Labute approximate surface area is 109 Å². The molecule has 0 aliphatic carbocycles. The van der Waals surface area contributed by atoms with Crippen molar-refractivity contribution in [2.75, 3.05) is 29.9 Å². The second-order valence-corrected chi connectivity index (χ2v) is 6.15. The second kappa shape index (κ2) is 5.10. The van der Waals surface area contributed by atoms with Gasteiger partial charge in [-0.1, -0.05) is 20.8 Å². The van der Waals surface area contributed by atoms with Crippen molar-refractivity contribution in [3.63, 3.8) is 0 Å². The van der Waals surface area contributed by atoms with E-state index in [4.69, 9.17) is 5.73 Å². The first-order valence-electron chi connectivity index (χ1n) is 6.51. The van der Waals surface area contributed by atoms with E-state index in [-0.39, 0.29) is 11.5 Å². The number of hydrogen-bond donors (Lipinski definition) is 2. The van der Waals surface area contributed by atoms with E-state index in [0.29, 0.717) is 5.95 Å². The highest BCUT2D eigenvalue weighted by atomic mass is 15.2. The van der Waals surface area contributed by atoms with Gasteiger partial charge < -0.3 is 16.0 Å². The number of rotatable bonds is 3. The lowest BCUT2D eigenvalue weighted by Gasteiger charge is -2.20. The molecule has 100 valence electrons. The molecule has 3 N–H and O–H groups in total. The van der Waals surface area contributed by atoms with E-state index in [1.54, 1.807) is 6.20 Å². The molecule has 2 rings (SSSR count). The Balaban J connectivity index is 2.01. The Bertz CT molecular complexity index is 399. The number of nitrogens with one attached hydrogen (secondary N) is 1. The summed E-state index contributed by atoms with van der Waals surface area (Å²) >= 11 is 0. The van der Waals surface area contributed by atoms with Crippen LogP contribution in [0.2, 0.25) is 0 Å². The van der Waals surface area contributed by atoms with Crippen molar-refractivity contribution in [2.45, 2.75) is 33.2 Å². The molecule has 1 fully saturated rings. The molecule has 5 heteroatoms. The van der Waals surface area contributed by atoms with E-state index >= 15 is 0 Å². The lowest BCUT2D eigenvalue weighted by Crippen LogP contribution is -2.27. The van der Waals surface area contributed by atoms with Crippen molar-refractivity contribution in [3.8, 4) is 0 Å². The summed E-state index contributed by atoms with van der Waals surface area (Å²) in [6.07, 6.45) is 2.84. The molecule has 1 atom stereocenters. The van der Waals surface area contributed by atoms with Crippen LogP contribution in [0.4, 0.5) is 11.8 Å². The molecule has 0 aromatic carbocycles. The molecule has 0 unspecified atom stereocenters. The average molecular weight is 249 g/mol. The van der Waals surface area contributed by atoms with E-state index in [9.17, 15) is 0 Å². The quantitative estimate of drug-likeness (QED) is 0.849. The number of hydrogen-bond acceptors (Lipinski definition) is 5. The first kappa shape index (κ1) is 13.1. The van der Waals surface area contributed by atoms with Crippen molar-refractivity contribution < 1.29 is 0 Å². The summed E-state index contributed by atoms with van der Waals surface area (Å²) in [7, 11) is 0. The Morgan fingerprint density at radius 2 is 2.28 bits per heavy atom. The number of nitrogens with zero attached hydrogens (tertiary/aromatic N) is 3. The summed E-state index contributed by atoms with van der Waals surface area (Å²) in [4.78, 5) is 11.0. The first-order valence-corrected chi connectivity index (χ1v) is 6.51. The third-order valence-electron chi connectivity index (χ3n) is 2.97. The third-order valence-corrected chi connectivity index (χ3v) is 2.97. The van der Waals surface area contributed by atoms with Gasteiger partial charge in [-0.3, -0.25) is 0 Å². The highest BCUT2D eigenvalue weighted by molar-refractivity contribution is 5.43. The second-order valence-electron chi connectivity index (χ2n) is 6.15. The van der Waals surface area contributed by atoms with E-state index in [1.165, 1.54) is 0 Å². The standard InChI is InChI=1S/C13H23N5/c1-13(2,3)9-16-12-15-6-4-11(17-12)18-7-5-10(14)8-18/h4,6,10H,5,7-9,14H2,1-3H3,(H,15,16,17)/t10-/m0/s1. The molecule has 0 radical (unpaired) electrons. The number of nitrogens with two attached hydrogens (primary N) is 1. The molecule has 0 amide bonds. The topological polar surface area (TPSA) is 67.1 Å². The van der Waals surface area contributed by atoms with Gasteiger partial charge in [0.2, 0.25) is 5.95 Å². The maximum absolute atomic E-state index is 5.92. The number of anilines is 2. The Morgan fingerprint density at radius 1 is 1.50 bits per heavy atom. The van der Waals surface area contributed by atoms with Crippen LogP contribution in [0, 0.1) is 5.41 Å². The zero-order valence-corrected chi connectivity index (χ0v) is 11.5. The van der Waals surface area contributed by atoms with Gasteiger partial charge >= 0.3 is 0 Å². The molecule has 0 spiro atoms. The highest BCUT2D eigenvalue weighted by Gasteiger charge is 2.20. The Hall–Kier alpha value is -1.36. The molecular formula is C13H23N5. The van der Waals surface area contributed by atoms with Crippen molar-refractivity contribution in [2.24, 2.45) is 11.1 Å². The predicted molar refractivity (Wildman–Crippen MR) is 74.8 cm³/mol. The van der Waals surface area contributed by atoms with Gasteiger partial charge in [0.1, 0.15) is 5.82 Å². The van der Waals surface area contributed by atoms with Crippen molar-refractivity contribution in [3.05, 3.63) is 12.3 Å². The lowest BCUT2D eigenvalue weighted by atomic mass is 9.97. The minimum atomic E-state index is 0.218. The maximum Gasteiger partial charge on any atom is 0.224 e. The summed E-state index contributed by atoms with van der Waals surface area (Å²) in [5.74, 6) is 1.66. The van der Waals surface area contributed by atoms with Crippen LogP contribution >= 0.6 is 0 Å². The van der Waals surface area contributed by atoms with Gasteiger partial charge in [-0.25, -0.2) is 4.98 Å². The first-order chi connectivity index (χ1) is 8.44. The molecule has 18 heavy (non-hydrogen) atoms. The minimum absolute atomic E-state index is 0.218. The smallest absolute Gasteiger partial charge is 0.224 e. The Morgan fingerprint density at radius 3 is 2.89 bits per heavy atom. The SMILES string of the molecule is CC(C)(C)CNc1nccc(N2CC[C@H](N)C2)n1. The minimum Gasteiger partial charge on any atom is -0.355 e. The summed E-state index contributed by atoms with van der Waals surface area (Å²) < 4.78 is 0. The van der Waals surface area contributed by atoms with E-state index in [1.807, 2.05) is 6.07 Å². The molecule has 5 nitrogen and oxygen atoms in total. The summed E-state index contributed by atoms with van der Waals surface area (Å²) in [6, 6.07) is 2.21. The zero-order valence-electron chi connectivity index (χ0n) is 11.5. The van der Waals surface area contributed by atoms with Crippen LogP contribution in [-0.2, 0) is 0 Å². The van der Waals surface area contributed by atoms with Crippen molar-refractivity contribution >= 4 is 11.8 Å². The molecule has 1 saturated heterocycles. The average Bonchev–Trinajstić information content (AvgIpc) is 2.73. The molecule has 1 aliphatic rings. The molecule has 2 heterocycles. The van der Waals surface area contributed by atoms with Gasteiger partial charge in [-0.05, 0) is 17.9 Å². The molecule has 0 bridgehead atoms. The number of aromatic nitrogens is 2. The van der Waals surface area contributed by atoms with Gasteiger partial charge in [0.25, 0.3) is 0 Å².